The fourth-order valence-corrected chi connectivity index (χ4v) is 7.96. The number of hydrogen-bond acceptors (Lipinski definition) is 10. The molecular formula is C33H38Cl2FN11O2. The number of rotatable bonds is 5. The van der Waals surface area contributed by atoms with Gasteiger partial charge in [0.1, 0.15) is 17.8 Å². The molecule has 3 aromatic heterocycles. The van der Waals surface area contributed by atoms with Crippen LogP contribution in [0.5, 0.6) is 6.01 Å². The highest BCUT2D eigenvalue weighted by atomic mass is 35.5. The number of aryl methyl sites for hydroxylation is 1. The Morgan fingerprint density at radius 1 is 1.10 bits per heavy atom. The van der Waals surface area contributed by atoms with Crippen LogP contribution < -0.4 is 14.5 Å². The number of ether oxygens (including phenoxy) is 1. The van der Waals surface area contributed by atoms with Gasteiger partial charge in [0.15, 0.2) is 17.3 Å². The predicted octanol–water partition coefficient (Wildman–Crippen LogP) is 4.64. The Morgan fingerprint density at radius 2 is 1.88 bits per heavy atom. The molecule has 49 heavy (non-hydrogen) atoms. The third-order valence-corrected chi connectivity index (χ3v) is 10.6. The van der Waals surface area contributed by atoms with Gasteiger partial charge in [0.25, 0.3) is 5.91 Å². The summed E-state index contributed by atoms with van der Waals surface area (Å²) < 4.78 is 19.8. The maximum absolute atomic E-state index is 12.6. The fraction of sp³-hybridized carbons (Fsp3) is 0.515. The van der Waals surface area contributed by atoms with Crippen molar-refractivity contribution in [3.05, 3.63) is 50.9 Å². The van der Waals surface area contributed by atoms with E-state index in [0.717, 1.165) is 29.4 Å². The van der Waals surface area contributed by atoms with Gasteiger partial charge in [-0.15, -0.1) is 0 Å². The quantitative estimate of drug-likeness (QED) is 0.312. The van der Waals surface area contributed by atoms with Crippen molar-refractivity contribution in [2.45, 2.75) is 56.9 Å². The zero-order chi connectivity index (χ0) is 34.4. The number of anilines is 2. The lowest BCUT2D eigenvalue weighted by atomic mass is 9.89. The van der Waals surface area contributed by atoms with Gasteiger partial charge in [0.05, 0.1) is 36.1 Å². The second-order valence-corrected chi connectivity index (χ2v) is 14.0. The highest BCUT2D eigenvalue weighted by Crippen LogP contribution is 2.41. The van der Waals surface area contributed by atoms with Crippen molar-refractivity contribution in [3.8, 4) is 12.1 Å². The van der Waals surface area contributed by atoms with E-state index in [2.05, 4.69) is 36.2 Å². The summed E-state index contributed by atoms with van der Waals surface area (Å²) in [6.45, 7) is 4.60. The van der Waals surface area contributed by atoms with Crippen LogP contribution in [0.2, 0.25) is 10.0 Å². The third kappa shape index (κ3) is 6.24. The normalized spacial score (nSPS) is 20.6. The molecule has 3 fully saturated rings. The molecule has 2 atom stereocenters. The molecule has 1 N–H and O–H groups in total. The van der Waals surface area contributed by atoms with Crippen LogP contribution in [0.15, 0.2) is 18.3 Å². The number of amides is 1. The van der Waals surface area contributed by atoms with E-state index in [9.17, 15) is 14.4 Å². The summed E-state index contributed by atoms with van der Waals surface area (Å²) in [5.41, 5.74) is 3.21. The summed E-state index contributed by atoms with van der Waals surface area (Å²) in [5, 5.41) is 23.9. The van der Waals surface area contributed by atoms with E-state index in [0.29, 0.717) is 84.7 Å². The van der Waals surface area contributed by atoms with Crippen LogP contribution in [-0.2, 0) is 13.1 Å². The number of nitrogens with zero attached hydrogens (tertiary/aromatic N) is 10. The van der Waals surface area contributed by atoms with Crippen LogP contribution >= 0.6 is 23.2 Å². The molecule has 3 saturated heterocycles. The third-order valence-electron chi connectivity index (χ3n) is 9.85. The number of halogens is 3. The monoisotopic (exact) mass is 709 g/mol. The van der Waals surface area contributed by atoms with E-state index in [1.54, 1.807) is 25.0 Å². The van der Waals surface area contributed by atoms with Crippen molar-refractivity contribution in [1.82, 2.24) is 39.7 Å². The lowest BCUT2D eigenvalue weighted by Gasteiger charge is -2.41. The van der Waals surface area contributed by atoms with E-state index in [1.165, 1.54) is 24.9 Å². The molecule has 4 aliphatic heterocycles. The Labute approximate surface area is 293 Å². The number of hydrogen-bond donors (Lipinski definition) is 1. The zero-order valence-electron chi connectivity index (χ0n) is 27.7. The summed E-state index contributed by atoms with van der Waals surface area (Å²) in [4.78, 5) is 29.5. The van der Waals surface area contributed by atoms with Crippen molar-refractivity contribution in [1.29, 1.82) is 5.26 Å². The molecular weight excluding hydrogens is 672 g/mol. The van der Waals surface area contributed by atoms with Crippen molar-refractivity contribution >= 4 is 51.6 Å². The highest BCUT2D eigenvalue weighted by molar-refractivity contribution is 6.34. The van der Waals surface area contributed by atoms with Crippen molar-refractivity contribution < 1.29 is 13.9 Å². The number of H-pyrrole nitrogens is 1. The summed E-state index contributed by atoms with van der Waals surface area (Å²) in [6.07, 6.45) is 5.32. The second kappa shape index (κ2) is 13.6. The van der Waals surface area contributed by atoms with Crippen LogP contribution in [0.1, 0.15) is 58.9 Å². The Kier molecular flexibility index (Phi) is 9.25. The molecule has 1 aromatic carbocycles. The van der Waals surface area contributed by atoms with Gasteiger partial charge in [-0.25, -0.2) is 4.39 Å². The van der Waals surface area contributed by atoms with Crippen LogP contribution in [0.3, 0.4) is 0 Å². The first-order valence-corrected chi connectivity index (χ1v) is 17.2. The van der Waals surface area contributed by atoms with Gasteiger partial charge < -0.3 is 19.4 Å². The average Bonchev–Trinajstić information content (AvgIpc) is 3.83. The van der Waals surface area contributed by atoms with E-state index in [4.69, 9.17) is 27.9 Å². The summed E-state index contributed by atoms with van der Waals surface area (Å²) in [5.74, 6) is 0.834. The van der Waals surface area contributed by atoms with Gasteiger partial charge in [-0.2, -0.15) is 25.4 Å². The van der Waals surface area contributed by atoms with Crippen LogP contribution in [-0.4, -0.2) is 112 Å². The predicted molar refractivity (Wildman–Crippen MR) is 184 cm³/mol. The molecule has 1 amide bonds. The average molecular weight is 711 g/mol. The number of benzene rings is 1. The van der Waals surface area contributed by atoms with Gasteiger partial charge >= 0.3 is 6.01 Å². The van der Waals surface area contributed by atoms with Crippen molar-refractivity contribution in [2.24, 2.45) is 0 Å². The van der Waals surface area contributed by atoms with Gasteiger partial charge in [-0.3, -0.25) is 19.5 Å². The minimum Gasteiger partial charge on any atom is -0.467 e. The van der Waals surface area contributed by atoms with Gasteiger partial charge in [0.2, 0.25) is 0 Å². The molecule has 258 valence electrons. The lowest BCUT2D eigenvalue weighted by molar-refractivity contribution is 0.0821. The maximum atomic E-state index is 12.6. The van der Waals surface area contributed by atoms with Gasteiger partial charge in [0, 0.05) is 69.2 Å². The van der Waals surface area contributed by atoms with E-state index in [-0.39, 0.29) is 23.5 Å². The van der Waals surface area contributed by atoms with E-state index in [1.807, 2.05) is 21.9 Å². The van der Waals surface area contributed by atoms with Crippen molar-refractivity contribution in [2.75, 3.05) is 63.7 Å². The molecule has 0 aliphatic carbocycles. The van der Waals surface area contributed by atoms with E-state index < -0.39 is 6.17 Å². The number of aromatic amines is 1. The van der Waals surface area contributed by atoms with Gasteiger partial charge in [-0.05, 0) is 49.9 Å². The molecule has 0 radical (unpaired) electrons. The molecule has 8 rings (SSSR count). The number of aromatic nitrogens is 6. The number of carbonyl (C=O) groups excluding carboxylic acids is 1. The lowest BCUT2D eigenvalue weighted by Crippen LogP contribution is -2.46. The fourth-order valence-electron chi connectivity index (χ4n) is 7.37. The topological polar surface area (TPSA) is 135 Å². The standard InChI is InChI=1S/C26H26Cl2N10O2.C7H12FN/c1-35(2)25(39)22-21(28)19-13-36(7-4-8-38(19)34-22)23-15(9-29)24(32-26(31-23)40-3)37-11-14(12-37)20-16-10-30-33-18(16)6-5-17(20)27;8-6-4-7-2-1-3-9(7)5-6/h5-6,10,14H,4,7-8,11-13H2,1-3H3,(H,30,33);6-7H,1-5H2. The molecule has 4 aliphatic rings. The number of carbonyl (C=O) groups is 1. The first-order valence-electron chi connectivity index (χ1n) is 16.5. The molecule has 7 heterocycles. The Hall–Kier alpha value is -4.19. The number of nitrogens with one attached hydrogen (secondary N) is 1. The number of methoxy groups -OCH3 is 1. The molecule has 2 unspecified atom stereocenters. The molecule has 16 heteroatoms. The zero-order valence-corrected chi connectivity index (χ0v) is 29.2. The van der Waals surface area contributed by atoms with Crippen LogP contribution in [0, 0.1) is 11.3 Å². The van der Waals surface area contributed by atoms with Crippen LogP contribution in [0.25, 0.3) is 10.9 Å². The second-order valence-electron chi connectivity index (χ2n) is 13.2. The SMILES string of the molecule is COc1nc(N2CCCn3nc(C(=O)N(C)C)c(Cl)c3C2)c(C#N)c(N2CC(c3c(Cl)ccc4[nH]ncc34)C2)n1.FC1CC2CCCN2C1. The number of fused-ring (bicyclic) bond motifs is 3. The minimum atomic E-state index is -0.518. The molecule has 4 aromatic rings. The first-order chi connectivity index (χ1) is 23.7. The summed E-state index contributed by atoms with van der Waals surface area (Å²) in [6, 6.07) is 6.89. The largest absolute Gasteiger partial charge is 0.467 e. The highest BCUT2D eigenvalue weighted by Gasteiger charge is 2.37. The Balaban J connectivity index is 0.000000361. The summed E-state index contributed by atoms with van der Waals surface area (Å²) >= 11 is 13.3. The molecule has 0 bridgehead atoms. The maximum Gasteiger partial charge on any atom is 0.320 e. The van der Waals surface area contributed by atoms with Crippen LogP contribution in [0.4, 0.5) is 16.0 Å². The Bertz CT molecular complexity index is 1910. The molecule has 0 spiro atoms. The minimum absolute atomic E-state index is 0.142. The molecule has 13 nitrogen and oxygen atoms in total. The smallest absolute Gasteiger partial charge is 0.320 e. The van der Waals surface area contributed by atoms with Crippen molar-refractivity contribution in [3.63, 3.8) is 0 Å². The van der Waals surface area contributed by atoms with Gasteiger partial charge in [-0.1, -0.05) is 23.2 Å². The number of alkyl halides is 1. The first kappa shape index (κ1) is 33.3. The number of nitriles is 1. The molecule has 0 saturated carbocycles. The summed E-state index contributed by atoms with van der Waals surface area (Å²) in [7, 11) is 4.82. The Morgan fingerprint density at radius 3 is 2.59 bits per heavy atom. The van der Waals surface area contributed by atoms with E-state index >= 15 is 0 Å².